The SMILES string of the molecule is CNC[C@H]1OCCn2nc3cc(Cl)ccc3c21. The van der Waals surface area contributed by atoms with Crippen LogP contribution in [-0.2, 0) is 11.3 Å². The third-order valence-electron chi connectivity index (χ3n) is 3.06. The molecule has 1 atom stereocenters. The zero-order chi connectivity index (χ0) is 11.8. The van der Waals surface area contributed by atoms with Gasteiger partial charge in [0.05, 0.1) is 24.4 Å². The maximum absolute atomic E-state index is 5.99. The second-order valence-electron chi connectivity index (χ2n) is 4.19. The zero-order valence-electron chi connectivity index (χ0n) is 9.61. The highest BCUT2D eigenvalue weighted by molar-refractivity contribution is 6.31. The minimum atomic E-state index is 0.0694. The monoisotopic (exact) mass is 251 g/mol. The highest BCUT2D eigenvalue weighted by Gasteiger charge is 2.24. The first-order chi connectivity index (χ1) is 8.29. The van der Waals surface area contributed by atoms with E-state index in [0.717, 1.165) is 34.7 Å². The largest absolute Gasteiger partial charge is 0.369 e. The molecule has 3 rings (SSSR count). The molecule has 17 heavy (non-hydrogen) atoms. The molecule has 0 spiro atoms. The fourth-order valence-electron chi connectivity index (χ4n) is 2.34. The lowest BCUT2D eigenvalue weighted by molar-refractivity contribution is 0.0195. The van der Waals surface area contributed by atoms with Gasteiger partial charge in [-0.25, -0.2) is 0 Å². The summed E-state index contributed by atoms with van der Waals surface area (Å²) in [6.45, 7) is 2.31. The molecule has 0 fully saturated rings. The van der Waals surface area contributed by atoms with Crippen LogP contribution >= 0.6 is 11.6 Å². The fraction of sp³-hybridized carbons (Fsp3) is 0.417. The molecule has 2 heterocycles. The van der Waals surface area contributed by atoms with Gasteiger partial charge in [0.1, 0.15) is 6.10 Å². The molecule has 4 nitrogen and oxygen atoms in total. The van der Waals surface area contributed by atoms with E-state index in [1.807, 2.05) is 29.9 Å². The summed E-state index contributed by atoms with van der Waals surface area (Å²) in [5.74, 6) is 0. The average molecular weight is 252 g/mol. The molecule has 2 aromatic rings. The van der Waals surface area contributed by atoms with E-state index < -0.39 is 0 Å². The van der Waals surface area contributed by atoms with Crippen molar-refractivity contribution in [2.24, 2.45) is 0 Å². The van der Waals surface area contributed by atoms with Gasteiger partial charge in [0.2, 0.25) is 0 Å². The van der Waals surface area contributed by atoms with Gasteiger partial charge in [-0.1, -0.05) is 11.6 Å². The summed E-state index contributed by atoms with van der Waals surface area (Å²) in [5.41, 5.74) is 2.09. The minimum absolute atomic E-state index is 0.0694. The molecule has 0 saturated carbocycles. The van der Waals surface area contributed by atoms with Crippen LogP contribution in [-0.4, -0.2) is 30.0 Å². The van der Waals surface area contributed by atoms with Crippen molar-refractivity contribution in [1.29, 1.82) is 0 Å². The lowest BCUT2D eigenvalue weighted by atomic mass is 10.1. The molecule has 90 valence electrons. The maximum Gasteiger partial charge on any atom is 0.112 e. The van der Waals surface area contributed by atoms with E-state index in [1.54, 1.807) is 0 Å². The first-order valence-corrected chi connectivity index (χ1v) is 6.09. The molecule has 1 aromatic carbocycles. The average Bonchev–Trinajstić information content (AvgIpc) is 2.67. The first kappa shape index (κ1) is 11.0. The molecular formula is C12H14ClN3O. The number of hydrogen-bond acceptors (Lipinski definition) is 3. The van der Waals surface area contributed by atoms with E-state index >= 15 is 0 Å². The summed E-state index contributed by atoms with van der Waals surface area (Å²) in [5, 5.41) is 9.58. The maximum atomic E-state index is 5.99. The number of hydrogen-bond donors (Lipinski definition) is 1. The number of likely N-dealkylation sites (N-methyl/N-ethyl adjacent to an activating group) is 1. The molecule has 1 aromatic heterocycles. The van der Waals surface area contributed by atoms with Crippen LogP contribution in [0.5, 0.6) is 0 Å². The molecule has 0 amide bonds. The molecule has 5 heteroatoms. The van der Waals surface area contributed by atoms with Crippen molar-refractivity contribution in [2.45, 2.75) is 12.6 Å². The Labute approximate surface area is 105 Å². The van der Waals surface area contributed by atoms with Crippen LogP contribution in [0.4, 0.5) is 0 Å². The number of benzene rings is 1. The van der Waals surface area contributed by atoms with Gasteiger partial charge in [-0.2, -0.15) is 5.10 Å². The second kappa shape index (κ2) is 4.29. The minimum Gasteiger partial charge on any atom is -0.369 e. The summed E-state index contributed by atoms with van der Waals surface area (Å²) < 4.78 is 7.82. The molecule has 1 N–H and O–H groups in total. The highest BCUT2D eigenvalue weighted by atomic mass is 35.5. The molecular weight excluding hydrogens is 238 g/mol. The second-order valence-corrected chi connectivity index (χ2v) is 4.62. The normalized spacial score (nSPS) is 19.5. The van der Waals surface area contributed by atoms with Crippen molar-refractivity contribution in [3.05, 3.63) is 28.9 Å². The molecule has 0 unspecified atom stereocenters. The van der Waals surface area contributed by atoms with Crippen molar-refractivity contribution in [1.82, 2.24) is 15.1 Å². The van der Waals surface area contributed by atoms with Crippen LogP contribution in [0.2, 0.25) is 5.02 Å². The predicted molar refractivity (Wildman–Crippen MR) is 67.4 cm³/mol. The van der Waals surface area contributed by atoms with Gasteiger partial charge >= 0.3 is 0 Å². The summed E-state index contributed by atoms with van der Waals surface area (Å²) in [7, 11) is 1.93. The van der Waals surface area contributed by atoms with Crippen LogP contribution in [0.1, 0.15) is 11.8 Å². The van der Waals surface area contributed by atoms with E-state index in [-0.39, 0.29) is 6.10 Å². The van der Waals surface area contributed by atoms with Gasteiger partial charge in [-0.05, 0) is 25.2 Å². The zero-order valence-corrected chi connectivity index (χ0v) is 10.4. The lowest BCUT2D eigenvalue weighted by Crippen LogP contribution is -2.28. The summed E-state index contributed by atoms with van der Waals surface area (Å²) >= 11 is 5.99. The van der Waals surface area contributed by atoms with Gasteiger partial charge in [-0.15, -0.1) is 0 Å². The van der Waals surface area contributed by atoms with Gasteiger partial charge in [0.25, 0.3) is 0 Å². The van der Waals surface area contributed by atoms with Crippen LogP contribution < -0.4 is 5.32 Å². The smallest absolute Gasteiger partial charge is 0.112 e. The number of nitrogens with one attached hydrogen (secondary N) is 1. The fourth-order valence-corrected chi connectivity index (χ4v) is 2.50. The molecule has 1 aliphatic rings. The van der Waals surface area contributed by atoms with Crippen molar-refractivity contribution in [3.63, 3.8) is 0 Å². The van der Waals surface area contributed by atoms with Crippen molar-refractivity contribution >= 4 is 22.5 Å². The number of aromatic nitrogens is 2. The predicted octanol–water partition coefficient (Wildman–Crippen LogP) is 1.98. The number of nitrogens with zero attached hydrogens (tertiary/aromatic N) is 2. The quantitative estimate of drug-likeness (QED) is 0.887. The van der Waals surface area contributed by atoms with Crippen LogP contribution in [0.3, 0.4) is 0 Å². The Hall–Kier alpha value is -1.10. The van der Waals surface area contributed by atoms with E-state index in [2.05, 4.69) is 10.4 Å². The van der Waals surface area contributed by atoms with Crippen LogP contribution in [0.15, 0.2) is 18.2 Å². The Morgan fingerprint density at radius 2 is 2.47 bits per heavy atom. The Morgan fingerprint density at radius 1 is 1.59 bits per heavy atom. The van der Waals surface area contributed by atoms with Crippen molar-refractivity contribution < 1.29 is 4.74 Å². The summed E-state index contributed by atoms with van der Waals surface area (Å²) in [6.07, 6.45) is 0.0694. The lowest BCUT2D eigenvalue weighted by Gasteiger charge is -2.24. The number of ether oxygens (including phenoxy) is 1. The van der Waals surface area contributed by atoms with E-state index in [0.29, 0.717) is 6.61 Å². The van der Waals surface area contributed by atoms with E-state index in [4.69, 9.17) is 16.3 Å². The van der Waals surface area contributed by atoms with Gasteiger partial charge in [0, 0.05) is 17.0 Å². The van der Waals surface area contributed by atoms with Crippen molar-refractivity contribution in [3.8, 4) is 0 Å². The van der Waals surface area contributed by atoms with Gasteiger partial charge < -0.3 is 10.1 Å². The molecule has 1 aliphatic heterocycles. The van der Waals surface area contributed by atoms with E-state index in [9.17, 15) is 0 Å². The summed E-state index contributed by atoms with van der Waals surface area (Å²) in [6, 6.07) is 5.82. The summed E-state index contributed by atoms with van der Waals surface area (Å²) in [4.78, 5) is 0. The molecule has 0 aliphatic carbocycles. The first-order valence-electron chi connectivity index (χ1n) is 5.72. The van der Waals surface area contributed by atoms with Crippen LogP contribution in [0, 0.1) is 0 Å². The van der Waals surface area contributed by atoms with Gasteiger partial charge in [0.15, 0.2) is 0 Å². The Bertz CT molecular complexity index is 552. The molecule has 0 saturated heterocycles. The number of fused-ring (bicyclic) bond motifs is 3. The van der Waals surface area contributed by atoms with E-state index in [1.165, 1.54) is 0 Å². The van der Waals surface area contributed by atoms with Crippen molar-refractivity contribution in [2.75, 3.05) is 20.2 Å². The van der Waals surface area contributed by atoms with Gasteiger partial charge in [-0.3, -0.25) is 4.68 Å². The van der Waals surface area contributed by atoms with Crippen LogP contribution in [0.25, 0.3) is 10.9 Å². The third-order valence-corrected chi connectivity index (χ3v) is 3.29. The number of halogens is 1. The third kappa shape index (κ3) is 1.82. The number of rotatable bonds is 2. The standard InChI is InChI=1S/C12H14ClN3O/c1-14-7-11-12-9-3-2-8(13)6-10(9)15-16(12)4-5-17-11/h2-3,6,11,14H,4-5,7H2,1H3/t11-/m1/s1. The topological polar surface area (TPSA) is 39.1 Å². The Balaban J connectivity index is 2.17. The molecule has 0 bridgehead atoms. The highest BCUT2D eigenvalue weighted by Crippen LogP contribution is 2.30. The molecule has 0 radical (unpaired) electrons. The Kier molecular flexibility index (Phi) is 2.78. The Morgan fingerprint density at radius 3 is 3.29 bits per heavy atom.